The van der Waals surface area contributed by atoms with Crippen molar-refractivity contribution in [3.8, 4) is 17.2 Å². The number of hydrogen-bond donors (Lipinski definition) is 3. The van der Waals surface area contributed by atoms with Crippen LogP contribution in [0.1, 0.15) is 25.5 Å². The fraction of sp³-hybridized carbons (Fsp3) is 0.292. The van der Waals surface area contributed by atoms with Crippen LogP contribution >= 0.6 is 23.8 Å². The van der Waals surface area contributed by atoms with Crippen molar-refractivity contribution >= 4 is 46.5 Å². The number of allylic oxidation sites excluding steroid dienone is 1. The minimum Gasteiger partial charge on any atom is -0.497 e. The Bertz CT molecular complexity index is 1150. The maximum Gasteiger partial charge on any atom is 0.344 e. The molecule has 0 fully saturated rings. The van der Waals surface area contributed by atoms with Crippen LogP contribution in [-0.4, -0.2) is 44.4 Å². The molecule has 1 aliphatic heterocycles. The van der Waals surface area contributed by atoms with Crippen LogP contribution < -0.4 is 30.2 Å². The number of ether oxygens (including phenoxy) is 4. The zero-order chi connectivity index (χ0) is 25.5. The van der Waals surface area contributed by atoms with Crippen molar-refractivity contribution in [2.24, 2.45) is 0 Å². The van der Waals surface area contributed by atoms with E-state index in [1.807, 2.05) is 0 Å². The molecule has 0 unspecified atom stereocenters. The van der Waals surface area contributed by atoms with Gasteiger partial charge >= 0.3 is 5.97 Å². The number of carbonyl (C=O) groups excluding carboxylic acids is 2. The Labute approximate surface area is 213 Å². The van der Waals surface area contributed by atoms with Gasteiger partial charge in [-0.05, 0) is 56.4 Å². The van der Waals surface area contributed by atoms with Gasteiger partial charge in [0.15, 0.2) is 23.2 Å². The molecule has 1 amide bonds. The van der Waals surface area contributed by atoms with Crippen molar-refractivity contribution in [1.29, 1.82) is 0 Å². The largest absolute Gasteiger partial charge is 0.497 e. The second kappa shape index (κ2) is 11.8. The van der Waals surface area contributed by atoms with Crippen molar-refractivity contribution in [2.45, 2.75) is 19.9 Å². The maximum absolute atomic E-state index is 13.4. The predicted molar refractivity (Wildman–Crippen MR) is 136 cm³/mol. The first-order valence-electron chi connectivity index (χ1n) is 10.7. The summed E-state index contributed by atoms with van der Waals surface area (Å²) in [5.41, 5.74) is 1.92. The van der Waals surface area contributed by atoms with Crippen molar-refractivity contribution < 1.29 is 28.5 Å². The molecule has 0 spiro atoms. The number of hydrogen-bond acceptors (Lipinski definition) is 7. The van der Waals surface area contributed by atoms with Crippen molar-refractivity contribution in [3.63, 3.8) is 0 Å². The van der Waals surface area contributed by atoms with E-state index < -0.39 is 12.0 Å². The van der Waals surface area contributed by atoms with E-state index in [-0.39, 0.29) is 30.6 Å². The molecular formula is C24H26ClN3O6S. The summed E-state index contributed by atoms with van der Waals surface area (Å²) in [4.78, 5) is 25.4. The first-order valence-corrected chi connectivity index (χ1v) is 11.5. The molecule has 2 aromatic rings. The molecule has 0 saturated carbocycles. The number of nitrogens with one attached hydrogen (secondary N) is 3. The summed E-state index contributed by atoms with van der Waals surface area (Å²) in [7, 11) is 3.01. The average Bonchev–Trinajstić information content (AvgIpc) is 2.82. The van der Waals surface area contributed by atoms with Gasteiger partial charge < -0.3 is 34.9 Å². The molecule has 1 aliphatic rings. The van der Waals surface area contributed by atoms with E-state index in [1.165, 1.54) is 7.11 Å². The lowest BCUT2D eigenvalue weighted by atomic mass is 9.93. The minimum atomic E-state index is -0.758. The number of anilines is 1. The van der Waals surface area contributed by atoms with Crippen LogP contribution in [0.3, 0.4) is 0 Å². The minimum absolute atomic E-state index is 0.217. The van der Waals surface area contributed by atoms with Gasteiger partial charge in [0.25, 0.3) is 5.91 Å². The van der Waals surface area contributed by atoms with Gasteiger partial charge in [0.05, 0.1) is 32.4 Å². The Kier molecular flexibility index (Phi) is 8.78. The Hall–Kier alpha value is -3.50. The van der Waals surface area contributed by atoms with Crippen LogP contribution in [0.5, 0.6) is 17.2 Å². The molecule has 0 aromatic heterocycles. The highest BCUT2D eigenvalue weighted by atomic mass is 35.5. The van der Waals surface area contributed by atoms with Gasteiger partial charge in [-0.25, -0.2) is 4.79 Å². The number of benzene rings is 2. The SMILES string of the molecule is CCOC(=O)COc1c(OC)cc(Cl)cc1[C@@H]1NC(=S)NC(C)=C1C(=O)Nc1ccc(OC)cc1. The van der Waals surface area contributed by atoms with Crippen molar-refractivity contribution in [1.82, 2.24) is 10.6 Å². The Morgan fingerprint density at radius 1 is 1.14 bits per heavy atom. The molecule has 3 rings (SSSR count). The van der Waals surface area contributed by atoms with Gasteiger partial charge in [0.1, 0.15) is 5.75 Å². The number of methoxy groups -OCH3 is 2. The highest BCUT2D eigenvalue weighted by Crippen LogP contribution is 2.41. The van der Waals surface area contributed by atoms with Gasteiger partial charge in [-0.1, -0.05) is 11.6 Å². The quantitative estimate of drug-likeness (QED) is 0.337. The van der Waals surface area contributed by atoms with Crippen LogP contribution in [0.2, 0.25) is 5.02 Å². The van der Waals surface area contributed by atoms with E-state index in [0.717, 1.165) is 0 Å². The van der Waals surface area contributed by atoms with Crippen LogP contribution in [0.4, 0.5) is 5.69 Å². The number of thiocarbonyl (C=S) groups is 1. The van der Waals surface area contributed by atoms with Gasteiger partial charge in [-0.3, -0.25) is 4.79 Å². The summed E-state index contributed by atoms with van der Waals surface area (Å²) < 4.78 is 21.4. The summed E-state index contributed by atoms with van der Waals surface area (Å²) in [5.74, 6) is 0.256. The van der Waals surface area contributed by atoms with Gasteiger partial charge in [0.2, 0.25) is 0 Å². The first-order chi connectivity index (χ1) is 16.8. The van der Waals surface area contributed by atoms with E-state index in [4.69, 9.17) is 42.8 Å². The fourth-order valence-electron chi connectivity index (χ4n) is 3.54. The molecule has 3 N–H and O–H groups in total. The molecule has 9 nitrogen and oxygen atoms in total. The molecular weight excluding hydrogens is 494 g/mol. The van der Waals surface area contributed by atoms with E-state index in [9.17, 15) is 9.59 Å². The summed E-state index contributed by atoms with van der Waals surface area (Å²) >= 11 is 11.7. The number of halogens is 1. The third kappa shape index (κ3) is 6.34. The molecule has 11 heteroatoms. The summed E-state index contributed by atoms with van der Waals surface area (Å²) in [5, 5.41) is 9.62. The van der Waals surface area contributed by atoms with Crippen LogP contribution in [-0.2, 0) is 14.3 Å². The number of carbonyl (C=O) groups is 2. The smallest absolute Gasteiger partial charge is 0.344 e. The molecule has 35 heavy (non-hydrogen) atoms. The maximum atomic E-state index is 13.4. The van der Waals surface area contributed by atoms with E-state index in [0.29, 0.717) is 38.4 Å². The molecule has 1 heterocycles. The first kappa shape index (κ1) is 26.1. The van der Waals surface area contributed by atoms with Gasteiger partial charge in [-0.2, -0.15) is 0 Å². The lowest BCUT2D eigenvalue weighted by Crippen LogP contribution is -2.46. The molecule has 1 atom stereocenters. The highest BCUT2D eigenvalue weighted by Gasteiger charge is 2.33. The number of rotatable bonds is 9. The molecule has 0 bridgehead atoms. The topological polar surface area (TPSA) is 107 Å². The third-order valence-corrected chi connectivity index (χ3v) is 5.52. The van der Waals surface area contributed by atoms with Crippen LogP contribution in [0, 0.1) is 0 Å². The number of amides is 1. The summed E-state index contributed by atoms with van der Waals surface area (Å²) in [6, 6.07) is 9.36. The third-order valence-electron chi connectivity index (χ3n) is 5.08. The molecule has 0 aliphatic carbocycles. The second-order valence-electron chi connectivity index (χ2n) is 7.37. The Morgan fingerprint density at radius 3 is 2.49 bits per heavy atom. The van der Waals surface area contributed by atoms with E-state index in [1.54, 1.807) is 57.4 Å². The fourth-order valence-corrected chi connectivity index (χ4v) is 4.03. The molecule has 0 saturated heterocycles. The normalized spacial score (nSPS) is 15.0. The Morgan fingerprint density at radius 2 is 1.86 bits per heavy atom. The zero-order valence-electron chi connectivity index (χ0n) is 19.7. The average molecular weight is 520 g/mol. The molecule has 186 valence electrons. The lowest BCUT2D eigenvalue weighted by molar-refractivity contribution is -0.145. The Balaban J connectivity index is 2.02. The van der Waals surface area contributed by atoms with Crippen molar-refractivity contribution in [3.05, 3.63) is 58.3 Å². The summed E-state index contributed by atoms with van der Waals surface area (Å²) in [6.07, 6.45) is 0. The lowest BCUT2D eigenvalue weighted by Gasteiger charge is -2.31. The second-order valence-corrected chi connectivity index (χ2v) is 8.22. The monoisotopic (exact) mass is 519 g/mol. The highest BCUT2D eigenvalue weighted by molar-refractivity contribution is 7.80. The summed E-state index contributed by atoms with van der Waals surface area (Å²) in [6.45, 7) is 3.30. The van der Waals surface area contributed by atoms with Gasteiger partial charge in [0, 0.05) is 28.0 Å². The van der Waals surface area contributed by atoms with Crippen molar-refractivity contribution in [2.75, 3.05) is 32.8 Å². The standard InChI is InChI=1S/C24H26ClN3O6S/c1-5-33-19(29)12-34-22-17(10-14(25)11-18(22)32-4)21-20(13(2)26-24(35)28-21)23(30)27-15-6-8-16(31-3)9-7-15/h6-11,21H,5,12H2,1-4H3,(H,27,30)(H2,26,28,35)/t21-/m0/s1. The molecule has 2 aromatic carbocycles. The predicted octanol–water partition coefficient (Wildman–Crippen LogP) is 3.73. The zero-order valence-corrected chi connectivity index (χ0v) is 21.3. The van der Waals surface area contributed by atoms with Gasteiger partial charge in [-0.15, -0.1) is 0 Å². The van der Waals surface area contributed by atoms with Crippen LogP contribution in [0.25, 0.3) is 0 Å². The van der Waals surface area contributed by atoms with E-state index in [2.05, 4.69) is 16.0 Å². The number of esters is 1. The van der Waals surface area contributed by atoms with Crippen LogP contribution in [0.15, 0.2) is 47.7 Å². The molecule has 0 radical (unpaired) electrons. The van der Waals surface area contributed by atoms with E-state index >= 15 is 0 Å².